The molecule has 5 heteroatoms. The summed E-state index contributed by atoms with van der Waals surface area (Å²) < 4.78 is 14.5. The van der Waals surface area contributed by atoms with Gasteiger partial charge in [0.05, 0.1) is 0 Å². The molecule has 0 radical (unpaired) electrons. The lowest BCUT2D eigenvalue weighted by molar-refractivity contribution is 0.372. The minimum absolute atomic E-state index is 0.731. The number of likely N-dealkylation sites (N-methyl/N-ethyl adjacent to an activating group) is 1. The van der Waals surface area contributed by atoms with Crippen molar-refractivity contribution in [3.05, 3.63) is 11.5 Å². The van der Waals surface area contributed by atoms with Gasteiger partial charge >= 0.3 is 0 Å². The van der Waals surface area contributed by atoms with Crippen molar-refractivity contribution in [1.82, 2.24) is 4.90 Å². The van der Waals surface area contributed by atoms with E-state index >= 15 is 0 Å². The molecule has 0 aromatic heterocycles. The Bertz CT molecular complexity index is 136. The van der Waals surface area contributed by atoms with E-state index in [1.807, 2.05) is 19.0 Å². The van der Waals surface area contributed by atoms with E-state index in [0.29, 0.717) is 0 Å². The van der Waals surface area contributed by atoms with E-state index in [9.17, 15) is 4.21 Å². The molecule has 0 saturated heterocycles. The molecule has 0 aromatic rings. The Kier molecular flexibility index (Phi) is 5.42. The van der Waals surface area contributed by atoms with Crippen LogP contribution < -0.4 is 5.90 Å². The molecule has 0 saturated carbocycles. The van der Waals surface area contributed by atoms with Crippen molar-refractivity contribution in [2.45, 2.75) is 0 Å². The van der Waals surface area contributed by atoms with Crippen LogP contribution in [0.1, 0.15) is 0 Å². The molecule has 0 spiro atoms. The second-order valence-electron chi connectivity index (χ2n) is 1.99. The van der Waals surface area contributed by atoms with E-state index in [4.69, 9.17) is 0 Å². The fraction of sp³-hybridized carbons (Fsp3) is 0.600. The highest BCUT2D eigenvalue weighted by Gasteiger charge is 1.87. The summed E-state index contributed by atoms with van der Waals surface area (Å²) in [5.41, 5.74) is 0. The molecule has 0 bridgehead atoms. The maximum Gasteiger partial charge on any atom is 0.198 e. The summed E-state index contributed by atoms with van der Waals surface area (Å²) >= 11 is -1.47. The summed E-state index contributed by atoms with van der Waals surface area (Å²) in [5, 5.41) is 1.40. The average Bonchev–Trinajstić information content (AvgIpc) is 1.87. The van der Waals surface area contributed by atoms with E-state index in [-0.39, 0.29) is 0 Å². The number of hydrogen-bond donors (Lipinski definition) is 1. The zero-order chi connectivity index (χ0) is 7.98. The van der Waals surface area contributed by atoms with Crippen LogP contribution >= 0.6 is 0 Å². The van der Waals surface area contributed by atoms with Crippen molar-refractivity contribution in [1.29, 1.82) is 0 Å². The fourth-order valence-corrected chi connectivity index (χ4v) is 0.672. The molecule has 0 aromatic carbocycles. The summed E-state index contributed by atoms with van der Waals surface area (Å²) in [6, 6.07) is 0. The molecule has 0 aliphatic carbocycles. The zero-order valence-corrected chi connectivity index (χ0v) is 6.93. The zero-order valence-electron chi connectivity index (χ0n) is 6.11. The second-order valence-corrected chi connectivity index (χ2v) is 2.98. The van der Waals surface area contributed by atoms with Crippen molar-refractivity contribution in [3.63, 3.8) is 0 Å². The Morgan fingerprint density at radius 1 is 1.70 bits per heavy atom. The molecular weight excluding hydrogens is 152 g/mol. The van der Waals surface area contributed by atoms with Gasteiger partial charge in [0.2, 0.25) is 0 Å². The van der Waals surface area contributed by atoms with Gasteiger partial charge in [-0.1, -0.05) is 6.08 Å². The molecule has 2 N–H and O–H groups in total. The smallest absolute Gasteiger partial charge is 0.198 e. The van der Waals surface area contributed by atoms with Gasteiger partial charge in [0.25, 0.3) is 0 Å². The lowest BCUT2D eigenvalue weighted by Gasteiger charge is -2.02. The molecule has 60 valence electrons. The van der Waals surface area contributed by atoms with E-state index in [1.165, 1.54) is 5.41 Å². The Morgan fingerprint density at radius 3 is 2.70 bits per heavy atom. The molecule has 0 aliphatic heterocycles. The number of nitrogens with zero attached hydrogens (tertiary/aromatic N) is 1. The molecular formula is C5H12N2O2S. The second kappa shape index (κ2) is 5.55. The van der Waals surface area contributed by atoms with Gasteiger partial charge in [-0.15, -0.1) is 0 Å². The van der Waals surface area contributed by atoms with Gasteiger partial charge in [-0.3, -0.25) is 0 Å². The van der Waals surface area contributed by atoms with Crippen LogP contribution in [0, 0.1) is 0 Å². The van der Waals surface area contributed by atoms with Gasteiger partial charge in [0.15, 0.2) is 11.1 Å². The van der Waals surface area contributed by atoms with Crippen LogP contribution in [0.2, 0.25) is 0 Å². The summed E-state index contributed by atoms with van der Waals surface area (Å²) in [6.07, 6.45) is 1.73. The Morgan fingerprint density at radius 2 is 2.30 bits per heavy atom. The van der Waals surface area contributed by atoms with Gasteiger partial charge in [-0.25, -0.2) is 4.21 Å². The summed E-state index contributed by atoms with van der Waals surface area (Å²) in [5.74, 6) is 4.62. The molecule has 1 atom stereocenters. The van der Waals surface area contributed by atoms with Gasteiger partial charge < -0.3 is 4.90 Å². The molecule has 0 aliphatic rings. The minimum Gasteiger partial charge on any atom is -0.306 e. The lowest BCUT2D eigenvalue weighted by atomic mass is 10.6. The van der Waals surface area contributed by atoms with E-state index in [0.717, 1.165) is 6.54 Å². The van der Waals surface area contributed by atoms with Crippen molar-refractivity contribution >= 4 is 11.1 Å². The molecule has 0 heterocycles. The SMILES string of the molecule is CN(C)C/C=C/S(=O)ON. The quantitative estimate of drug-likeness (QED) is 0.575. The predicted molar refractivity (Wildman–Crippen MR) is 41.1 cm³/mol. The fourth-order valence-electron chi connectivity index (χ4n) is 0.364. The van der Waals surface area contributed by atoms with E-state index in [2.05, 4.69) is 10.2 Å². The third-order valence-corrected chi connectivity index (χ3v) is 1.38. The molecule has 0 amide bonds. The Labute approximate surface area is 63.3 Å². The van der Waals surface area contributed by atoms with Crippen LogP contribution in [0.15, 0.2) is 11.5 Å². The Balaban J connectivity index is 3.46. The largest absolute Gasteiger partial charge is 0.306 e. The third-order valence-electron chi connectivity index (χ3n) is 0.773. The molecule has 4 nitrogen and oxygen atoms in total. The van der Waals surface area contributed by atoms with Gasteiger partial charge in [0.1, 0.15) is 0 Å². The van der Waals surface area contributed by atoms with E-state index in [1.54, 1.807) is 6.08 Å². The molecule has 1 unspecified atom stereocenters. The summed E-state index contributed by atoms with van der Waals surface area (Å²) in [4.78, 5) is 1.93. The average molecular weight is 164 g/mol. The van der Waals surface area contributed by atoms with Gasteiger partial charge in [0, 0.05) is 12.0 Å². The monoisotopic (exact) mass is 164 g/mol. The van der Waals surface area contributed by atoms with Crippen LogP contribution in [0.3, 0.4) is 0 Å². The first kappa shape index (κ1) is 9.77. The normalized spacial score (nSPS) is 14.8. The van der Waals surface area contributed by atoms with Gasteiger partial charge in [-0.05, 0) is 14.1 Å². The van der Waals surface area contributed by atoms with Gasteiger partial charge in [-0.2, -0.15) is 10.2 Å². The first-order chi connectivity index (χ1) is 4.66. The predicted octanol–water partition coefficient (Wildman–Crippen LogP) is -0.384. The van der Waals surface area contributed by atoms with Crippen molar-refractivity contribution in [3.8, 4) is 0 Å². The molecule has 0 rings (SSSR count). The van der Waals surface area contributed by atoms with Crippen LogP contribution in [-0.2, 0) is 15.4 Å². The minimum atomic E-state index is -1.47. The Hall–Kier alpha value is -0.230. The summed E-state index contributed by atoms with van der Waals surface area (Å²) in [6.45, 7) is 0.731. The number of hydrogen-bond acceptors (Lipinski definition) is 4. The van der Waals surface area contributed by atoms with Crippen LogP contribution in [0.5, 0.6) is 0 Å². The standard InChI is InChI=1S/C5H12N2O2S/c1-7(2)4-3-5-10(8)9-6/h3,5H,4,6H2,1-2H3/b5-3+. The highest BCUT2D eigenvalue weighted by atomic mass is 32.2. The molecule has 0 fully saturated rings. The van der Waals surface area contributed by atoms with Crippen molar-refractivity contribution < 1.29 is 8.49 Å². The first-order valence-corrected chi connectivity index (χ1v) is 3.90. The summed E-state index contributed by atoms with van der Waals surface area (Å²) in [7, 11) is 3.83. The van der Waals surface area contributed by atoms with Crippen molar-refractivity contribution in [2.24, 2.45) is 5.90 Å². The lowest BCUT2D eigenvalue weighted by Crippen LogP contribution is -2.11. The highest BCUT2D eigenvalue weighted by molar-refractivity contribution is 7.83. The van der Waals surface area contributed by atoms with E-state index < -0.39 is 11.1 Å². The van der Waals surface area contributed by atoms with Crippen LogP contribution in [0.4, 0.5) is 0 Å². The van der Waals surface area contributed by atoms with Crippen molar-refractivity contribution in [2.75, 3.05) is 20.6 Å². The third kappa shape index (κ3) is 5.90. The van der Waals surface area contributed by atoms with Crippen LogP contribution in [-0.4, -0.2) is 29.7 Å². The van der Waals surface area contributed by atoms with Crippen LogP contribution in [0.25, 0.3) is 0 Å². The number of rotatable bonds is 4. The number of nitrogens with two attached hydrogens (primary N) is 1. The topological polar surface area (TPSA) is 55.6 Å². The maximum atomic E-state index is 10.5. The first-order valence-electron chi connectivity index (χ1n) is 2.76. The maximum absolute atomic E-state index is 10.5. The highest BCUT2D eigenvalue weighted by Crippen LogP contribution is 1.83. The molecule has 10 heavy (non-hydrogen) atoms.